The van der Waals surface area contributed by atoms with Crippen LogP contribution in [-0.4, -0.2) is 57.9 Å². The van der Waals surface area contributed by atoms with E-state index in [0.717, 1.165) is 36.6 Å². The molecular formula is C28H44N8O4. The molecule has 0 fully saturated rings. The normalized spacial score (nSPS) is 11.8. The minimum Gasteiger partial charge on any atom is -0.494 e. The van der Waals surface area contributed by atoms with Crippen LogP contribution in [-0.2, 0) is 17.9 Å². The molecule has 3 aromatic rings. The largest absolute Gasteiger partial charge is 0.494 e. The van der Waals surface area contributed by atoms with E-state index in [9.17, 15) is 9.59 Å². The van der Waals surface area contributed by atoms with E-state index < -0.39 is 11.6 Å². The fourth-order valence-electron chi connectivity index (χ4n) is 4.56. The Bertz CT molecular complexity index is 1300. The van der Waals surface area contributed by atoms with Gasteiger partial charge in [-0.25, -0.2) is 19.6 Å². The van der Waals surface area contributed by atoms with Gasteiger partial charge >= 0.3 is 12.1 Å². The van der Waals surface area contributed by atoms with E-state index in [4.69, 9.17) is 25.9 Å². The first-order valence-corrected chi connectivity index (χ1v) is 13.9. The van der Waals surface area contributed by atoms with Crippen LogP contribution in [0.1, 0.15) is 66.1 Å². The number of aromatic nitrogens is 3. The summed E-state index contributed by atoms with van der Waals surface area (Å²) < 4.78 is 13.7. The number of imidazole rings is 1. The summed E-state index contributed by atoms with van der Waals surface area (Å²) >= 11 is 0. The number of nitrogens with zero attached hydrogens (tertiary/aromatic N) is 3. The maximum absolute atomic E-state index is 11.6. The lowest BCUT2D eigenvalue weighted by Crippen LogP contribution is -2.49. The van der Waals surface area contributed by atoms with E-state index in [1.165, 1.54) is 0 Å². The molecule has 1 aromatic carbocycles. The average Bonchev–Trinajstić information content (AvgIpc) is 3.21. The van der Waals surface area contributed by atoms with Crippen LogP contribution in [0.25, 0.3) is 21.9 Å². The van der Waals surface area contributed by atoms with E-state index >= 15 is 0 Å². The van der Waals surface area contributed by atoms with Crippen LogP contribution in [0.5, 0.6) is 5.75 Å². The van der Waals surface area contributed by atoms with E-state index in [-0.39, 0.29) is 12.1 Å². The van der Waals surface area contributed by atoms with Gasteiger partial charge in [-0.1, -0.05) is 12.8 Å². The SMILES string of the molecule is CCOCc1nc2c(N)nc3cc(OCCCCCCNC(=O)NC(C)C)ccc3c2n1CC(C)(C)NC(N)=O. The Kier molecular flexibility index (Phi) is 10.8. The number of carbonyl (C=O) groups is 2. The molecule has 12 heteroatoms. The molecule has 0 unspecified atom stereocenters. The monoisotopic (exact) mass is 556 g/mol. The Hall–Kier alpha value is -3.80. The fraction of sp³-hybridized carbons (Fsp3) is 0.571. The van der Waals surface area contributed by atoms with Crippen molar-refractivity contribution >= 4 is 39.8 Å². The molecule has 0 aliphatic rings. The van der Waals surface area contributed by atoms with Crippen molar-refractivity contribution in [2.24, 2.45) is 5.73 Å². The van der Waals surface area contributed by atoms with Crippen LogP contribution < -0.4 is 32.2 Å². The first-order valence-electron chi connectivity index (χ1n) is 13.9. The molecule has 0 aliphatic heterocycles. The standard InChI is InChI=1S/C28H44N8O4/c1-6-39-16-22-34-23-24(36(22)17-28(4,5)35-26(30)37)20-12-11-19(15-21(20)33-25(23)29)40-14-10-8-7-9-13-31-27(38)32-18(2)3/h11-12,15,18H,6-10,13-14,16-17H2,1-5H3,(H2,29,33)(H3,30,35,37)(H2,31,32,38). The second kappa shape index (κ2) is 14.0. The molecule has 0 radical (unpaired) electrons. The smallest absolute Gasteiger partial charge is 0.314 e. The number of hydrogen-bond acceptors (Lipinski definition) is 7. The summed E-state index contributed by atoms with van der Waals surface area (Å²) in [7, 11) is 0. The fourth-order valence-corrected chi connectivity index (χ4v) is 4.56. The number of ether oxygens (including phenoxy) is 2. The van der Waals surface area contributed by atoms with Gasteiger partial charge in [-0.15, -0.1) is 0 Å². The van der Waals surface area contributed by atoms with Gasteiger partial charge in [0, 0.05) is 37.2 Å². The van der Waals surface area contributed by atoms with Crippen LogP contribution in [0, 0.1) is 0 Å². The van der Waals surface area contributed by atoms with Gasteiger partial charge in [-0.2, -0.15) is 0 Å². The Morgan fingerprint density at radius 3 is 2.58 bits per heavy atom. The van der Waals surface area contributed by atoms with Crippen molar-refractivity contribution in [1.82, 2.24) is 30.5 Å². The van der Waals surface area contributed by atoms with Gasteiger partial charge in [0.1, 0.15) is 23.7 Å². The van der Waals surface area contributed by atoms with Crippen LogP contribution in [0.3, 0.4) is 0 Å². The third kappa shape index (κ3) is 8.60. The van der Waals surface area contributed by atoms with Crippen molar-refractivity contribution < 1.29 is 19.1 Å². The van der Waals surface area contributed by atoms with Crippen molar-refractivity contribution in [2.45, 2.75) is 85.0 Å². The highest BCUT2D eigenvalue weighted by Gasteiger charge is 2.25. The van der Waals surface area contributed by atoms with Crippen molar-refractivity contribution in [3.05, 3.63) is 24.0 Å². The zero-order valence-corrected chi connectivity index (χ0v) is 24.3. The lowest BCUT2D eigenvalue weighted by atomic mass is 10.1. The summed E-state index contributed by atoms with van der Waals surface area (Å²) in [5.41, 5.74) is 13.2. The second-order valence-electron chi connectivity index (χ2n) is 10.8. The molecule has 0 atom stereocenters. The lowest BCUT2D eigenvalue weighted by molar-refractivity contribution is 0.125. The molecule has 0 saturated carbocycles. The summed E-state index contributed by atoms with van der Waals surface area (Å²) in [5, 5.41) is 9.34. The average molecular weight is 557 g/mol. The van der Waals surface area contributed by atoms with Gasteiger partial charge in [0.15, 0.2) is 5.82 Å². The minimum absolute atomic E-state index is 0.124. The van der Waals surface area contributed by atoms with Gasteiger partial charge in [0.05, 0.1) is 23.2 Å². The number of nitrogens with two attached hydrogens (primary N) is 2. The van der Waals surface area contributed by atoms with Gasteiger partial charge in [-0.05, 0) is 59.6 Å². The zero-order chi connectivity index (χ0) is 29.3. The van der Waals surface area contributed by atoms with Crippen LogP contribution in [0.15, 0.2) is 18.2 Å². The van der Waals surface area contributed by atoms with Gasteiger partial charge in [0.2, 0.25) is 0 Å². The summed E-state index contributed by atoms with van der Waals surface area (Å²) in [6.07, 6.45) is 3.84. The number of carbonyl (C=O) groups excluding carboxylic acids is 2. The van der Waals surface area contributed by atoms with Crippen LogP contribution >= 0.6 is 0 Å². The molecule has 4 amide bonds. The molecule has 40 heavy (non-hydrogen) atoms. The van der Waals surface area contributed by atoms with Crippen molar-refractivity contribution in [3.63, 3.8) is 0 Å². The van der Waals surface area contributed by atoms with Gasteiger partial charge in [0.25, 0.3) is 0 Å². The van der Waals surface area contributed by atoms with Gasteiger partial charge < -0.3 is 41.5 Å². The maximum atomic E-state index is 11.6. The number of benzene rings is 1. The Morgan fingerprint density at radius 1 is 1.12 bits per heavy atom. The Morgan fingerprint density at radius 2 is 1.88 bits per heavy atom. The first kappa shape index (κ1) is 30.7. The van der Waals surface area contributed by atoms with Crippen molar-refractivity contribution in [2.75, 3.05) is 25.5 Å². The second-order valence-corrected chi connectivity index (χ2v) is 10.8. The molecule has 2 heterocycles. The number of unbranched alkanes of at least 4 members (excludes halogenated alkanes) is 3. The van der Waals surface area contributed by atoms with Crippen LogP contribution in [0.2, 0.25) is 0 Å². The number of nitrogens with one attached hydrogen (secondary N) is 3. The number of pyridine rings is 1. The summed E-state index contributed by atoms with van der Waals surface area (Å²) in [5.74, 6) is 1.71. The van der Waals surface area contributed by atoms with Crippen molar-refractivity contribution in [3.8, 4) is 5.75 Å². The van der Waals surface area contributed by atoms with Crippen LogP contribution in [0.4, 0.5) is 15.4 Å². The molecule has 0 aliphatic carbocycles. The predicted molar refractivity (Wildman–Crippen MR) is 157 cm³/mol. The molecule has 0 bridgehead atoms. The maximum Gasteiger partial charge on any atom is 0.314 e. The van der Waals surface area contributed by atoms with E-state index in [1.807, 2.05) is 57.4 Å². The van der Waals surface area contributed by atoms with Gasteiger partial charge in [-0.3, -0.25) is 0 Å². The topological polar surface area (TPSA) is 171 Å². The number of fused-ring (bicyclic) bond motifs is 3. The van der Waals surface area contributed by atoms with E-state index in [0.29, 0.717) is 61.3 Å². The Labute approximate surface area is 235 Å². The highest BCUT2D eigenvalue weighted by molar-refractivity contribution is 6.07. The number of nitrogen functional groups attached to an aromatic ring is 1. The number of primary amides is 1. The summed E-state index contributed by atoms with van der Waals surface area (Å²) in [6, 6.07) is 5.17. The molecular weight excluding hydrogens is 512 g/mol. The highest BCUT2D eigenvalue weighted by Crippen LogP contribution is 2.32. The molecule has 2 aromatic heterocycles. The number of rotatable bonds is 15. The van der Waals surface area contributed by atoms with E-state index in [2.05, 4.69) is 20.9 Å². The Balaban J connectivity index is 1.70. The summed E-state index contributed by atoms with van der Waals surface area (Å²) in [6.45, 7) is 12.0. The first-order chi connectivity index (χ1) is 19.0. The van der Waals surface area contributed by atoms with Crippen molar-refractivity contribution in [1.29, 1.82) is 0 Å². The third-order valence-electron chi connectivity index (χ3n) is 6.25. The number of anilines is 1. The summed E-state index contributed by atoms with van der Waals surface area (Å²) in [4.78, 5) is 32.6. The number of urea groups is 2. The minimum atomic E-state index is -0.648. The molecule has 7 N–H and O–H groups in total. The molecule has 12 nitrogen and oxygen atoms in total. The third-order valence-corrected chi connectivity index (χ3v) is 6.25. The number of hydrogen-bond donors (Lipinski definition) is 5. The predicted octanol–water partition coefficient (Wildman–Crippen LogP) is 3.80. The van der Waals surface area contributed by atoms with E-state index in [1.54, 1.807) is 0 Å². The molecule has 0 saturated heterocycles. The highest BCUT2D eigenvalue weighted by atomic mass is 16.5. The lowest BCUT2D eigenvalue weighted by Gasteiger charge is -2.27. The molecule has 220 valence electrons. The molecule has 0 spiro atoms. The number of amides is 4. The molecule has 3 rings (SSSR count). The zero-order valence-electron chi connectivity index (χ0n) is 24.3. The quantitative estimate of drug-likeness (QED) is 0.177.